The van der Waals surface area contributed by atoms with E-state index in [4.69, 9.17) is 23.2 Å². The van der Waals surface area contributed by atoms with Crippen molar-refractivity contribution in [3.63, 3.8) is 0 Å². The Balaban J connectivity index is 2.25. The number of hydrogen-bond acceptors (Lipinski definition) is 1. The molecule has 4 heteroatoms. The molecule has 1 atom stereocenters. The summed E-state index contributed by atoms with van der Waals surface area (Å²) < 4.78 is 1.10. The molecule has 0 aromatic heterocycles. The van der Waals surface area contributed by atoms with Gasteiger partial charge < -0.3 is 5.11 Å². The molecular formula is C15H13Cl2IO. The Bertz CT molecular complexity index is 599. The van der Waals surface area contributed by atoms with Gasteiger partial charge in [-0.25, -0.2) is 0 Å². The van der Waals surface area contributed by atoms with Gasteiger partial charge in [-0.15, -0.1) is 0 Å². The molecule has 2 rings (SSSR count). The second-order valence-corrected chi connectivity index (χ2v) is 6.36. The largest absolute Gasteiger partial charge is 0.388 e. The van der Waals surface area contributed by atoms with Crippen LogP contribution >= 0.6 is 45.8 Å². The van der Waals surface area contributed by atoms with E-state index in [2.05, 4.69) is 22.6 Å². The SMILES string of the molecule is Cc1cccc(C(O)Cc2ccc(Cl)cc2Cl)c1I. The van der Waals surface area contributed by atoms with E-state index >= 15 is 0 Å². The topological polar surface area (TPSA) is 20.2 Å². The average Bonchev–Trinajstić information content (AvgIpc) is 2.36. The lowest BCUT2D eigenvalue weighted by Gasteiger charge is -2.15. The lowest BCUT2D eigenvalue weighted by Crippen LogP contribution is -2.05. The molecule has 0 aliphatic rings. The summed E-state index contributed by atoms with van der Waals surface area (Å²) in [6, 6.07) is 11.3. The normalized spacial score (nSPS) is 12.5. The van der Waals surface area contributed by atoms with Crippen LogP contribution in [0.3, 0.4) is 0 Å². The van der Waals surface area contributed by atoms with E-state index in [-0.39, 0.29) is 0 Å². The van der Waals surface area contributed by atoms with Crippen LogP contribution in [0.1, 0.15) is 22.8 Å². The molecule has 1 N–H and O–H groups in total. The fourth-order valence-corrected chi connectivity index (χ4v) is 3.14. The van der Waals surface area contributed by atoms with Gasteiger partial charge in [0.05, 0.1) is 6.10 Å². The van der Waals surface area contributed by atoms with E-state index in [1.54, 1.807) is 12.1 Å². The van der Waals surface area contributed by atoms with Gasteiger partial charge in [0.1, 0.15) is 0 Å². The highest BCUT2D eigenvalue weighted by Crippen LogP contribution is 2.29. The summed E-state index contributed by atoms with van der Waals surface area (Å²) in [5.74, 6) is 0. The van der Waals surface area contributed by atoms with Crippen molar-refractivity contribution in [2.45, 2.75) is 19.4 Å². The Hall–Kier alpha value is -0.290. The zero-order chi connectivity index (χ0) is 14.0. The molecule has 0 saturated carbocycles. The molecule has 0 spiro atoms. The molecule has 0 heterocycles. The molecule has 0 bridgehead atoms. The summed E-state index contributed by atoms with van der Waals surface area (Å²) in [5.41, 5.74) is 3.00. The molecule has 1 nitrogen and oxygen atoms in total. The average molecular weight is 407 g/mol. The van der Waals surface area contributed by atoms with Crippen molar-refractivity contribution in [1.29, 1.82) is 0 Å². The highest BCUT2D eigenvalue weighted by molar-refractivity contribution is 14.1. The van der Waals surface area contributed by atoms with E-state index in [1.807, 2.05) is 31.2 Å². The maximum Gasteiger partial charge on any atom is 0.0841 e. The number of rotatable bonds is 3. The Labute approximate surface area is 136 Å². The monoisotopic (exact) mass is 406 g/mol. The van der Waals surface area contributed by atoms with Crippen molar-refractivity contribution in [1.82, 2.24) is 0 Å². The highest BCUT2D eigenvalue weighted by atomic mass is 127. The van der Waals surface area contributed by atoms with Crippen LogP contribution in [-0.2, 0) is 6.42 Å². The zero-order valence-corrected chi connectivity index (χ0v) is 14.0. The standard InChI is InChI=1S/C15H13Cl2IO/c1-9-3-2-4-12(15(9)18)14(19)7-10-5-6-11(16)8-13(10)17/h2-6,8,14,19H,7H2,1H3. The predicted octanol–water partition coefficient (Wildman–Crippen LogP) is 5.18. The fourth-order valence-electron chi connectivity index (χ4n) is 1.93. The molecule has 0 saturated heterocycles. The number of benzene rings is 2. The minimum Gasteiger partial charge on any atom is -0.388 e. The van der Waals surface area contributed by atoms with Crippen LogP contribution in [-0.4, -0.2) is 5.11 Å². The molecule has 0 amide bonds. The summed E-state index contributed by atoms with van der Waals surface area (Å²) in [6.45, 7) is 2.03. The summed E-state index contributed by atoms with van der Waals surface area (Å²) in [5, 5.41) is 11.6. The predicted molar refractivity (Wildman–Crippen MR) is 89.0 cm³/mol. The van der Waals surface area contributed by atoms with Crippen LogP contribution < -0.4 is 0 Å². The first kappa shape index (κ1) is 15.1. The summed E-state index contributed by atoms with van der Waals surface area (Å²) in [7, 11) is 0. The third kappa shape index (κ3) is 3.63. The molecule has 2 aromatic rings. The van der Waals surface area contributed by atoms with E-state index in [0.717, 1.165) is 14.7 Å². The summed E-state index contributed by atoms with van der Waals surface area (Å²) in [6.07, 6.45) is -0.0828. The maximum atomic E-state index is 10.4. The van der Waals surface area contributed by atoms with Crippen molar-refractivity contribution >= 4 is 45.8 Å². The van der Waals surface area contributed by atoms with E-state index in [9.17, 15) is 5.11 Å². The lowest BCUT2D eigenvalue weighted by atomic mass is 10.00. The number of halogens is 3. The molecule has 100 valence electrons. The Morgan fingerprint density at radius 2 is 1.95 bits per heavy atom. The van der Waals surface area contributed by atoms with Gasteiger partial charge in [0.2, 0.25) is 0 Å². The lowest BCUT2D eigenvalue weighted by molar-refractivity contribution is 0.177. The smallest absolute Gasteiger partial charge is 0.0841 e. The van der Waals surface area contributed by atoms with E-state index in [1.165, 1.54) is 5.56 Å². The van der Waals surface area contributed by atoms with Crippen LogP contribution in [0.4, 0.5) is 0 Å². The van der Waals surface area contributed by atoms with Crippen molar-refractivity contribution in [2.24, 2.45) is 0 Å². The van der Waals surface area contributed by atoms with Gasteiger partial charge in [0.15, 0.2) is 0 Å². The van der Waals surface area contributed by atoms with Crippen LogP contribution in [0.25, 0.3) is 0 Å². The molecule has 19 heavy (non-hydrogen) atoms. The van der Waals surface area contributed by atoms with Crippen molar-refractivity contribution < 1.29 is 5.11 Å². The van der Waals surface area contributed by atoms with Crippen LogP contribution in [0, 0.1) is 10.5 Å². The molecule has 0 aliphatic heterocycles. The third-order valence-electron chi connectivity index (χ3n) is 3.01. The minimum absolute atomic E-state index is 0.482. The van der Waals surface area contributed by atoms with E-state index < -0.39 is 6.10 Å². The third-order valence-corrected chi connectivity index (χ3v) is 5.07. The van der Waals surface area contributed by atoms with Crippen LogP contribution in [0.5, 0.6) is 0 Å². The Morgan fingerprint density at radius 3 is 2.63 bits per heavy atom. The molecule has 1 unspecified atom stereocenters. The first-order valence-corrected chi connectivity index (χ1v) is 7.69. The van der Waals surface area contributed by atoms with Gasteiger partial charge >= 0.3 is 0 Å². The number of aliphatic hydroxyl groups excluding tert-OH is 1. The molecule has 0 radical (unpaired) electrons. The fraction of sp³-hybridized carbons (Fsp3) is 0.200. The van der Waals surface area contributed by atoms with Gasteiger partial charge in [0, 0.05) is 20.0 Å². The molecule has 0 fully saturated rings. The van der Waals surface area contributed by atoms with Crippen LogP contribution in [0.15, 0.2) is 36.4 Å². The Morgan fingerprint density at radius 1 is 1.21 bits per heavy atom. The van der Waals surface area contributed by atoms with Gasteiger partial charge in [-0.1, -0.05) is 47.5 Å². The van der Waals surface area contributed by atoms with E-state index in [0.29, 0.717) is 16.5 Å². The van der Waals surface area contributed by atoms with Gasteiger partial charge in [-0.3, -0.25) is 0 Å². The first-order chi connectivity index (χ1) is 8.99. The van der Waals surface area contributed by atoms with Crippen LogP contribution in [0.2, 0.25) is 10.0 Å². The van der Waals surface area contributed by atoms with Crippen molar-refractivity contribution in [2.75, 3.05) is 0 Å². The van der Waals surface area contributed by atoms with Gasteiger partial charge in [0.25, 0.3) is 0 Å². The molecule has 0 aliphatic carbocycles. The molecular weight excluding hydrogens is 394 g/mol. The van der Waals surface area contributed by atoms with Gasteiger partial charge in [-0.2, -0.15) is 0 Å². The Kier molecular flexibility index (Phi) is 5.12. The number of aryl methyl sites for hydroxylation is 1. The first-order valence-electron chi connectivity index (χ1n) is 5.86. The van der Waals surface area contributed by atoms with Crippen molar-refractivity contribution in [3.05, 3.63) is 66.7 Å². The summed E-state index contributed by atoms with van der Waals surface area (Å²) in [4.78, 5) is 0. The quantitative estimate of drug-likeness (QED) is 0.696. The second kappa shape index (κ2) is 6.44. The van der Waals surface area contributed by atoms with Crippen molar-refractivity contribution in [3.8, 4) is 0 Å². The summed E-state index contributed by atoms with van der Waals surface area (Å²) >= 11 is 14.3. The zero-order valence-electron chi connectivity index (χ0n) is 10.3. The number of hydrogen-bond donors (Lipinski definition) is 1. The molecule has 2 aromatic carbocycles. The minimum atomic E-state index is -0.564. The second-order valence-electron chi connectivity index (χ2n) is 4.43. The maximum absolute atomic E-state index is 10.4. The number of aliphatic hydroxyl groups is 1. The van der Waals surface area contributed by atoms with Gasteiger partial charge in [-0.05, 0) is 58.3 Å². The highest BCUT2D eigenvalue weighted by Gasteiger charge is 2.14.